The second-order valence-electron chi connectivity index (χ2n) is 3.67. The Bertz CT molecular complexity index is 447. The predicted molar refractivity (Wildman–Crippen MR) is 65.8 cm³/mol. The Morgan fingerprint density at radius 3 is 2.62 bits per heavy atom. The number of aryl methyl sites for hydroxylation is 1. The molecule has 1 aromatic carbocycles. The van der Waals surface area contributed by atoms with Crippen molar-refractivity contribution in [3.8, 4) is 0 Å². The lowest BCUT2D eigenvalue weighted by atomic mass is 10.0. The zero-order valence-electron chi connectivity index (χ0n) is 8.97. The number of hydrogen-bond acceptors (Lipinski definition) is 3. The summed E-state index contributed by atoms with van der Waals surface area (Å²) in [4.78, 5) is 0. The molecule has 1 unspecified atom stereocenters. The van der Waals surface area contributed by atoms with E-state index in [-0.39, 0.29) is 6.04 Å². The summed E-state index contributed by atoms with van der Waals surface area (Å²) in [6, 6.07) is 10.00. The standard InChI is InChI=1S/C11H13BrN4/c1-16-10(11(12)14-15-16)7-9(13)8-5-3-2-4-6-8/h2-6,9H,7,13H2,1H3. The third kappa shape index (κ3) is 2.31. The van der Waals surface area contributed by atoms with Crippen molar-refractivity contribution in [1.29, 1.82) is 0 Å². The highest BCUT2D eigenvalue weighted by Gasteiger charge is 2.13. The van der Waals surface area contributed by atoms with Crippen LogP contribution in [-0.4, -0.2) is 15.0 Å². The molecule has 0 aliphatic carbocycles. The van der Waals surface area contributed by atoms with Crippen molar-refractivity contribution in [2.24, 2.45) is 12.8 Å². The lowest BCUT2D eigenvalue weighted by molar-refractivity contribution is 0.629. The molecule has 0 saturated heterocycles. The largest absolute Gasteiger partial charge is 0.324 e. The number of hydrogen-bond donors (Lipinski definition) is 1. The minimum Gasteiger partial charge on any atom is -0.324 e. The van der Waals surface area contributed by atoms with Crippen LogP contribution in [0.4, 0.5) is 0 Å². The van der Waals surface area contributed by atoms with Crippen molar-refractivity contribution in [3.63, 3.8) is 0 Å². The number of halogens is 1. The van der Waals surface area contributed by atoms with E-state index in [1.165, 1.54) is 0 Å². The van der Waals surface area contributed by atoms with Crippen LogP contribution in [0.5, 0.6) is 0 Å². The van der Waals surface area contributed by atoms with Gasteiger partial charge in [-0.3, -0.25) is 4.68 Å². The van der Waals surface area contributed by atoms with E-state index in [0.717, 1.165) is 15.9 Å². The highest BCUT2D eigenvalue weighted by Crippen LogP contribution is 2.19. The molecule has 5 heteroatoms. The topological polar surface area (TPSA) is 56.7 Å². The van der Waals surface area contributed by atoms with E-state index in [9.17, 15) is 0 Å². The van der Waals surface area contributed by atoms with Crippen molar-refractivity contribution in [2.45, 2.75) is 12.5 Å². The maximum absolute atomic E-state index is 6.13. The summed E-state index contributed by atoms with van der Waals surface area (Å²) in [6.45, 7) is 0. The summed E-state index contributed by atoms with van der Waals surface area (Å²) in [5.74, 6) is 0. The highest BCUT2D eigenvalue weighted by atomic mass is 79.9. The average molecular weight is 281 g/mol. The van der Waals surface area contributed by atoms with Crippen LogP contribution in [0.15, 0.2) is 34.9 Å². The van der Waals surface area contributed by atoms with E-state index >= 15 is 0 Å². The van der Waals surface area contributed by atoms with Gasteiger partial charge in [-0.1, -0.05) is 35.5 Å². The zero-order valence-corrected chi connectivity index (χ0v) is 10.6. The third-order valence-corrected chi connectivity index (χ3v) is 3.15. The molecule has 0 bridgehead atoms. The van der Waals surface area contributed by atoms with Crippen LogP contribution in [0.1, 0.15) is 17.3 Å². The number of nitrogens with zero attached hydrogens (tertiary/aromatic N) is 3. The fraction of sp³-hybridized carbons (Fsp3) is 0.273. The van der Waals surface area contributed by atoms with Gasteiger partial charge in [0.1, 0.15) is 0 Å². The summed E-state index contributed by atoms with van der Waals surface area (Å²) in [5.41, 5.74) is 8.27. The smallest absolute Gasteiger partial charge is 0.151 e. The number of benzene rings is 1. The van der Waals surface area contributed by atoms with Crippen LogP contribution in [-0.2, 0) is 13.5 Å². The molecular weight excluding hydrogens is 268 g/mol. The van der Waals surface area contributed by atoms with E-state index < -0.39 is 0 Å². The molecule has 2 N–H and O–H groups in total. The summed E-state index contributed by atoms with van der Waals surface area (Å²) < 4.78 is 2.51. The van der Waals surface area contributed by atoms with Crippen molar-refractivity contribution >= 4 is 15.9 Å². The predicted octanol–water partition coefficient (Wildman–Crippen LogP) is 1.82. The molecule has 84 valence electrons. The van der Waals surface area contributed by atoms with Crippen LogP contribution in [0.3, 0.4) is 0 Å². The molecule has 16 heavy (non-hydrogen) atoms. The Balaban J connectivity index is 2.17. The first kappa shape index (κ1) is 11.3. The van der Waals surface area contributed by atoms with E-state index in [4.69, 9.17) is 5.73 Å². The molecule has 1 heterocycles. The molecule has 1 atom stereocenters. The van der Waals surface area contributed by atoms with Gasteiger partial charge in [-0.2, -0.15) is 0 Å². The Kier molecular flexibility index (Phi) is 3.36. The lowest BCUT2D eigenvalue weighted by Gasteiger charge is -2.11. The number of aromatic nitrogens is 3. The molecule has 4 nitrogen and oxygen atoms in total. The zero-order chi connectivity index (χ0) is 11.5. The van der Waals surface area contributed by atoms with Gasteiger partial charge in [-0.25, -0.2) is 0 Å². The molecule has 0 saturated carbocycles. The van der Waals surface area contributed by atoms with E-state index in [0.29, 0.717) is 6.42 Å². The molecule has 2 rings (SSSR count). The van der Waals surface area contributed by atoms with Crippen molar-refractivity contribution in [2.75, 3.05) is 0 Å². The van der Waals surface area contributed by atoms with E-state index in [1.807, 2.05) is 37.4 Å². The molecule has 0 fully saturated rings. The highest BCUT2D eigenvalue weighted by molar-refractivity contribution is 9.10. The summed E-state index contributed by atoms with van der Waals surface area (Å²) in [5, 5.41) is 7.86. The fourth-order valence-corrected chi connectivity index (χ4v) is 2.08. The van der Waals surface area contributed by atoms with E-state index in [1.54, 1.807) is 4.68 Å². The Hall–Kier alpha value is -1.20. The SMILES string of the molecule is Cn1nnc(Br)c1CC(N)c1ccccc1. The lowest BCUT2D eigenvalue weighted by Crippen LogP contribution is -2.15. The Morgan fingerprint density at radius 1 is 1.38 bits per heavy atom. The Morgan fingerprint density at radius 2 is 2.06 bits per heavy atom. The van der Waals surface area contributed by atoms with Gasteiger partial charge >= 0.3 is 0 Å². The summed E-state index contributed by atoms with van der Waals surface area (Å²) in [7, 11) is 1.87. The van der Waals surface area contributed by atoms with Crippen molar-refractivity contribution < 1.29 is 0 Å². The van der Waals surface area contributed by atoms with Crippen molar-refractivity contribution in [1.82, 2.24) is 15.0 Å². The third-order valence-electron chi connectivity index (χ3n) is 2.54. The van der Waals surface area contributed by atoms with Crippen LogP contribution in [0.2, 0.25) is 0 Å². The second-order valence-corrected chi connectivity index (χ2v) is 4.42. The first-order chi connectivity index (χ1) is 7.68. The molecule has 0 aliphatic rings. The number of nitrogens with two attached hydrogens (primary N) is 1. The molecule has 0 radical (unpaired) electrons. The van der Waals surface area contributed by atoms with Gasteiger partial charge < -0.3 is 5.73 Å². The molecule has 1 aromatic heterocycles. The molecule has 0 amide bonds. The van der Waals surface area contributed by atoms with Gasteiger partial charge in [-0.15, -0.1) is 5.10 Å². The second kappa shape index (κ2) is 4.76. The minimum atomic E-state index is -0.0327. The van der Waals surface area contributed by atoms with Crippen molar-refractivity contribution in [3.05, 3.63) is 46.2 Å². The van der Waals surface area contributed by atoms with Crippen LogP contribution < -0.4 is 5.73 Å². The summed E-state index contributed by atoms with van der Waals surface area (Å²) in [6.07, 6.45) is 0.716. The maximum Gasteiger partial charge on any atom is 0.151 e. The monoisotopic (exact) mass is 280 g/mol. The normalized spacial score (nSPS) is 12.7. The average Bonchev–Trinajstić information content (AvgIpc) is 2.62. The molecule has 0 spiro atoms. The maximum atomic E-state index is 6.13. The van der Waals surface area contributed by atoms with Gasteiger partial charge in [-0.05, 0) is 21.5 Å². The fourth-order valence-electron chi connectivity index (χ4n) is 1.59. The first-order valence-corrected chi connectivity index (χ1v) is 5.82. The minimum absolute atomic E-state index is 0.0327. The Labute approximate surface area is 103 Å². The van der Waals surface area contributed by atoms with Gasteiger partial charge in [0, 0.05) is 19.5 Å². The van der Waals surface area contributed by atoms with Gasteiger partial charge in [0.05, 0.1) is 5.69 Å². The first-order valence-electron chi connectivity index (χ1n) is 5.03. The quantitative estimate of drug-likeness (QED) is 0.933. The molecular formula is C11H13BrN4. The van der Waals surface area contributed by atoms with Gasteiger partial charge in [0.2, 0.25) is 0 Å². The summed E-state index contributed by atoms with van der Waals surface area (Å²) >= 11 is 3.37. The van der Waals surface area contributed by atoms with Gasteiger partial charge in [0.25, 0.3) is 0 Å². The van der Waals surface area contributed by atoms with Crippen LogP contribution in [0, 0.1) is 0 Å². The van der Waals surface area contributed by atoms with E-state index in [2.05, 4.69) is 26.2 Å². The van der Waals surface area contributed by atoms with Crippen LogP contribution >= 0.6 is 15.9 Å². The number of rotatable bonds is 3. The van der Waals surface area contributed by atoms with Gasteiger partial charge in [0.15, 0.2) is 4.60 Å². The molecule has 0 aliphatic heterocycles. The van der Waals surface area contributed by atoms with Crippen LogP contribution in [0.25, 0.3) is 0 Å². The molecule has 2 aromatic rings.